The van der Waals surface area contributed by atoms with E-state index in [9.17, 15) is 9.59 Å². The number of nitrogens with one attached hydrogen (secondary N) is 2. The van der Waals surface area contributed by atoms with Gasteiger partial charge in [0, 0.05) is 11.8 Å². The van der Waals surface area contributed by atoms with E-state index in [2.05, 4.69) is 10.6 Å². The normalized spacial score (nSPS) is 12.4. The first kappa shape index (κ1) is 23.1. The van der Waals surface area contributed by atoms with E-state index in [-0.39, 0.29) is 18.4 Å². The van der Waals surface area contributed by atoms with Crippen molar-refractivity contribution in [2.75, 3.05) is 19.0 Å². The number of hydrogen-bond acceptors (Lipinski definition) is 5. The molecular weight excluding hydrogens is 384 g/mol. The summed E-state index contributed by atoms with van der Waals surface area (Å²) in [6, 6.07) is 13.8. The van der Waals surface area contributed by atoms with Crippen LogP contribution in [0.15, 0.2) is 48.5 Å². The van der Waals surface area contributed by atoms with Gasteiger partial charge in [-0.2, -0.15) is 0 Å². The number of carbonyl (C=O) groups is 2. The third kappa shape index (κ3) is 6.69. The van der Waals surface area contributed by atoms with Crippen LogP contribution in [0.1, 0.15) is 32.8 Å². The Balaban J connectivity index is 2.03. The van der Waals surface area contributed by atoms with E-state index < -0.39 is 12.1 Å². The molecule has 0 radical (unpaired) electrons. The van der Waals surface area contributed by atoms with Crippen LogP contribution in [-0.2, 0) is 16.1 Å². The van der Waals surface area contributed by atoms with Gasteiger partial charge in [-0.15, -0.1) is 0 Å². The van der Waals surface area contributed by atoms with Crippen molar-refractivity contribution >= 4 is 17.7 Å². The van der Waals surface area contributed by atoms with Crippen molar-refractivity contribution in [2.45, 2.75) is 39.8 Å². The second-order valence-electron chi connectivity index (χ2n) is 6.86. The van der Waals surface area contributed by atoms with Gasteiger partial charge in [0.2, 0.25) is 5.91 Å². The molecule has 0 saturated carbocycles. The van der Waals surface area contributed by atoms with Crippen LogP contribution in [0.4, 0.5) is 10.5 Å². The number of benzene rings is 2. The van der Waals surface area contributed by atoms with Gasteiger partial charge in [0.1, 0.15) is 12.6 Å². The Morgan fingerprint density at radius 1 is 1.03 bits per heavy atom. The van der Waals surface area contributed by atoms with Crippen molar-refractivity contribution < 1.29 is 23.8 Å². The van der Waals surface area contributed by atoms with Gasteiger partial charge in [-0.3, -0.25) is 4.79 Å². The summed E-state index contributed by atoms with van der Waals surface area (Å²) in [7, 11) is 1.54. The van der Waals surface area contributed by atoms with Gasteiger partial charge in [0.25, 0.3) is 0 Å². The summed E-state index contributed by atoms with van der Waals surface area (Å²) < 4.78 is 16.1. The monoisotopic (exact) mass is 414 g/mol. The van der Waals surface area contributed by atoms with E-state index in [1.54, 1.807) is 18.2 Å². The van der Waals surface area contributed by atoms with Gasteiger partial charge in [-0.05, 0) is 30.5 Å². The van der Waals surface area contributed by atoms with Gasteiger partial charge in [-0.25, -0.2) is 4.79 Å². The number of alkyl carbamates (subject to hydrolysis) is 1. The van der Waals surface area contributed by atoms with Gasteiger partial charge in [0.05, 0.1) is 13.7 Å². The van der Waals surface area contributed by atoms with Crippen molar-refractivity contribution in [1.82, 2.24) is 5.32 Å². The minimum atomic E-state index is -0.740. The van der Waals surface area contributed by atoms with Crippen molar-refractivity contribution in [3.63, 3.8) is 0 Å². The zero-order valence-corrected chi connectivity index (χ0v) is 17.9. The summed E-state index contributed by atoms with van der Waals surface area (Å²) in [4.78, 5) is 25.2. The molecular formula is C23H30N2O5. The molecule has 0 spiro atoms. The fourth-order valence-electron chi connectivity index (χ4n) is 2.83. The number of anilines is 1. The van der Waals surface area contributed by atoms with E-state index in [0.717, 1.165) is 5.56 Å². The molecule has 0 bridgehead atoms. The van der Waals surface area contributed by atoms with Crippen molar-refractivity contribution in [1.29, 1.82) is 0 Å². The summed E-state index contributed by atoms with van der Waals surface area (Å²) in [5, 5.41) is 5.52. The van der Waals surface area contributed by atoms with Crippen LogP contribution < -0.4 is 20.1 Å². The predicted molar refractivity (Wildman–Crippen MR) is 116 cm³/mol. The topological polar surface area (TPSA) is 85.9 Å². The van der Waals surface area contributed by atoms with Crippen LogP contribution in [0.2, 0.25) is 0 Å². The predicted octanol–water partition coefficient (Wildman–Crippen LogP) is 4.37. The fraction of sp³-hybridized carbons (Fsp3) is 0.391. The highest BCUT2D eigenvalue weighted by Crippen LogP contribution is 2.30. The number of ether oxygens (including phenoxy) is 3. The highest BCUT2D eigenvalue weighted by molar-refractivity contribution is 5.97. The molecule has 0 aliphatic carbocycles. The third-order valence-electron chi connectivity index (χ3n) is 4.71. The number of amides is 2. The van der Waals surface area contributed by atoms with Gasteiger partial charge >= 0.3 is 6.09 Å². The lowest BCUT2D eigenvalue weighted by molar-refractivity contribution is -0.119. The van der Waals surface area contributed by atoms with Crippen LogP contribution in [0.5, 0.6) is 11.5 Å². The molecule has 0 heterocycles. The summed E-state index contributed by atoms with van der Waals surface area (Å²) >= 11 is 0. The van der Waals surface area contributed by atoms with E-state index in [0.29, 0.717) is 30.2 Å². The lowest BCUT2D eigenvalue weighted by Crippen LogP contribution is -2.47. The van der Waals surface area contributed by atoms with Crippen LogP contribution in [-0.4, -0.2) is 31.8 Å². The van der Waals surface area contributed by atoms with Crippen LogP contribution in [0.3, 0.4) is 0 Å². The summed E-state index contributed by atoms with van der Waals surface area (Å²) in [5.41, 5.74) is 1.42. The standard InChI is InChI=1S/C23H30N2O5/c1-5-16(3)21(25-23(27)30-15-17-10-8-7-9-11-17)22(26)24-18-12-13-19(29-6-2)20(14-18)28-4/h7-14,16,21H,5-6,15H2,1-4H3,(H,24,26)(H,25,27)/t16-,21-/m0/s1. The molecule has 0 fully saturated rings. The lowest BCUT2D eigenvalue weighted by atomic mass is 9.98. The number of carbonyl (C=O) groups excluding carboxylic acids is 2. The van der Waals surface area contributed by atoms with Crippen molar-refractivity contribution in [2.24, 2.45) is 5.92 Å². The molecule has 0 aromatic heterocycles. The lowest BCUT2D eigenvalue weighted by Gasteiger charge is -2.23. The van der Waals surface area contributed by atoms with Crippen molar-refractivity contribution in [3.8, 4) is 11.5 Å². The smallest absolute Gasteiger partial charge is 0.408 e. The molecule has 7 nitrogen and oxygen atoms in total. The Kier molecular flexibility index (Phi) is 9.00. The second-order valence-corrected chi connectivity index (χ2v) is 6.86. The van der Waals surface area contributed by atoms with Crippen LogP contribution >= 0.6 is 0 Å². The highest BCUT2D eigenvalue weighted by Gasteiger charge is 2.27. The fourth-order valence-corrected chi connectivity index (χ4v) is 2.83. The van der Waals surface area contributed by atoms with Crippen molar-refractivity contribution in [3.05, 3.63) is 54.1 Å². The maximum Gasteiger partial charge on any atom is 0.408 e. The second kappa shape index (κ2) is 11.7. The molecule has 0 saturated heterocycles. The van der Waals surface area contributed by atoms with Crippen LogP contribution in [0, 0.1) is 5.92 Å². The number of hydrogen-bond donors (Lipinski definition) is 2. The molecule has 0 aliphatic rings. The molecule has 2 amide bonds. The first-order chi connectivity index (χ1) is 14.5. The SMILES string of the molecule is CCOc1ccc(NC(=O)[C@@H](NC(=O)OCc2ccccc2)[C@@H](C)CC)cc1OC. The zero-order chi connectivity index (χ0) is 21.9. The average molecular weight is 415 g/mol. The van der Waals surface area contributed by atoms with E-state index >= 15 is 0 Å². The molecule has 2 aromatic carbocycles. The zero-order valence-electron chi connectivity index (χ0n) is 17.9. The molecule has 30 heavy (non-hydrogen) atoms. The summed E-state index contributed by atoms with van der Waals surface area (Å²) in [5.74, 6) is 0.704. The third-order valence-corrected chi connectivity index (χ3v) is 4.71. The van der Waals surface area contributed by atoms with Gasteiger partial charge < -0.3 is 24.8 Å². The first-order valence-corrected chi connectivity index (χ1v) is 10.1. The molecule has 2 N–H and O–H groups in total. The largest absolute Gasteiger partial charge is 0.493 e. The summed E-state index contributed by atoms with van der Waals surface area (Å²) in [6.45, 7) is 6.39. The minimum absolute atomic E-state index is 0.0844. The Labute approximate surface area is 177 Å². The van der Waals surface area contributed by atoms with E-state index in [4.69, 9.17) is 14.2 Å². The molecule has 2 atom stereocenters. The van der Waals surface area contributed by atoms with E-state index in [1.807, 2.05) is 51.1 Å². The first-order valence-electron chi connectivity index (χ1n) is 10.1. The quantitative estimate of drug-likeness (QED) is 0.603. The molecule has 2 rings (SSSR count). The summed E-state index contributed by atoms with van der Waals surface area (Å²) in [6.07, 6.45) is 0.0764. The molecule has 2 aromatic rings. The Hall–Kier alpha value is -3.22. The van der Waals surface area contributed by atoms with Gasteiger partial charge in [0.15, 0.2) is 11.5 Å². The Bertz CT molecular complexity index is 826. The Morgan fingerprint density at radius 3 is 2.40 bits per heavy atom. The molecule has 0 unspecified atom stereocenters. The highest BCUT2D eigenvalue weighted by atomic mass is 16.5. The molecule has 7 heteroatoms. The maximum absolute atomic E-state index is 12.9. The molecule has 0 aliphatic heterocycles. The average Bonchev–Trinajstić information content (AvgIpc) is 2.77. The molecule has 162 valence electrons. The van der Waals surface area contributed by atoms with E-state index in [1.165, 1.54) is 7.11 Å². The minimum Gasteiger partial charge on any atom is -0.493 e. The Morgan fingerprint density at radius 2 is 1.77 bits per heavy atom. The number of methoxy groups -OCH3 is 1. The van der Waals surface area contributed by atoms with Gasteiger partial charge in [-0.1, -0.05) is 50.6 Å². The number of rotatable bonds is 10. The van der Waals surface area contributed by atoms with Crippen LogP contribution in [0.25, 0.3) is 0 Å². The maximum atomic E-state index is 12.9.